The molecule has 11 nitrogen and oxygen atoms in total. The van der Waals surface area contributed by atoms with E-state index in [1.54, 1.807) is 19.1 Å². The van der Waals surface area contributed by atoms with Crippen LogP contribution in [0.3, 0.4) is 0 Å². The summed E-state index contributed by atoms with van der Waals surface area (Å²) in [6, 6.07) is 0. The van der Waals surface area contributed by atoms with Gasteiger partial charge in [-0.2, -0.15) is 0 Å². The second kappa shape index (κ2) is 11.4. The van der Waals surface area contributed by atoms with Crippen molar-refractivity contribution >= 4 is 5.78 Å². The summed E-state index contributed by atoms with van der Waals surface area (Å²) in [5.74, 6) is 0.116. The number of ether oxygens (including phenoxy) is 4. The van der Waals surface area contributed by atoms with Gasteiger partial charge in [-0.1, -0.05) is 31.6 Å². The number of carbonyl (C=O) groups excluding carboxylic acids is 1. The van der Waals surface area contributed by atoms with Crippen LogP contribution in [0.25, 0.3) is 0 Å². The predicted molar refractivity (Wildman–Crippen MR) is 121 cm³/mol. The molecule has 2 fully saturated rings. The van der Waals surface area contributed by atoms with Crippen LogP contribution in [-0.4, -0.2) is 111 Å². The quantitative estimate of drug-likeness (QED) is 0.230. The Kier molecular flexibility index (Phi) is 9.25. The molecule has 0 saturated carbocycles. The van der Waals surface area contributed by atoms with Crippen LogP contribution in [0.2, 0.25) is 0 Å². The van der Waals surface area contributed by atoms with E-state index >= 15 is 0 Å². The van der Waals surface area contributed by atoms with Crippen LogP contribution in [0.5, 0.6) is 0 Å². The normalized spacial score (nSPS) is 43.3. The van der Waals surface area contributed by atoms with Crippen LogP contribution < -0.4 is 0 Å². The summed E-state index contributed by atoms with van der Waals surface area (Å²) in [7, 11) is 0. The molecule has 2 saturated heterocycles. The number of hydrogen-bond acceptors (Lipinski definition) is 11. The van der Waals surface area contributed by atoms with Crippen LogP contribution in [0.1, 0.15) is 34.1 Å². The van der Waals surface area contributed by atoms with E-state index in [1.807, 2.05) is 26.8 Å². The van der Waals surface area contributed by atoms with Gasteiger partial charge in [-0.25, -0.2) is 0 Å². The van der Waals surface area contributed by atoms with Gasteiger partial charge in [0.15, 0.2) is 18.4 Å². The van der Waals surface area contributed by atoms with Gasteiger partial charge in [-0.05, 0) is 25.3 Å². The fourth-order valence-corrected chi connectivity index (χ4v) is 4.79. The highest BCUT2D eigenvalue weighted by Crippen LogP contribution is 2.40. The maximum absolute atomic E-state index is 11.9. The molecule has 2 heterocycles. The number of rotatable bonds is 7. The zero-order valence-electron chi connectivity index (χ0n) is 20.4. The number of allylic oxidation sites excluding steroid dienone is 3. The summed E-state index contributed by atoms with van der Waals surface area (Å²) in [5, 5.41) is 60.3. The second-order valence-corrected chi connectivity index (χ2v) is 10.3. The van der Waals surface area contributed by atoms with Gasteiger partial charge in [0.1, 0.15) is 42.7 Å². The number of aliphatic hydroxyl groups is 6. The lowest BCUT2D eigenvalue weighted by Gasteiger charge is -2.42. The summed E-state index contributed by atoms with van der Waals surface area (Å²) in [5.41, 5.74) is 0.689. The monoisotopic (exact) mass is 502 g/mol. The topological polar surface area (TPSA) is 175 Å². The van der Waals surface area contributed by atoms with Crippen LogP contribution in [0.15, 0.2) is 23.8 Å². The van der Waals surface area contributed by atoms with E-state index in [1.165, 1.54) is 0 Å². The molecule has 0 aromatic heterocycles. The number of carbonyl (C=O) groups is 1. The highest BCUT2D eigenvalue weighted by molar-refractivity contribution is 5.92. The average Bonchev–Trinajstić information content (AvgIpc) is 2.76. The van der Waals surface area contributed by atoms with Gasteiger partial charge < -0.3 is 49.6 Å². The standard InChI is InChI=1S/C24H38O11/c1-11-7-13(25)8-24(3,4)14(11)6-5-12(2)34-23-21(31)19(29)18(28)16(35-23)10-33-22-20(30)17(27)15(26)9-32-22/h5-7,12,14-23,26-31H,8-10H2,1-4H3/b6-5+/t12-,14+,15+,16-,17+,18-,19+,20-,21-,22+,23-/m1/s1. The minimum atomic E-state index is -1.59. The highest BCUT2D eigenvalue weighted by Gasteiger charge is 2.46. The Balaban J connectivity index is 1.60. The Morgan fingerprint density at radius 1 is 1.06 bits per heavy atom. The first kappa shape index (κ1) is 28.3. The van der Waals surface area contributed by atoms with Crippen molar-refractivity contribution in [2.45, 2.75) is 95.5 Å². The third-order valence-corrected chi connectivity index (χ3v) is 6.82. The Morgan fingerprint density at radius 3 is 2.37 bits per heavy atom. The molecular weight excluding hydrogens is 464 g/mol. The van der Waals surface area contributed by atoms with Crippen molar-refractivity contribution in [2.24, 2.45) is 11.3 Å². The van der Waals surface area contributed by atoms with E-state index in [4.69, 9.17) is 18.9 Å². The molecule has 11 atom stereocenters. The minimum Gasteiger partial charge on any atom is -0.388 e. The highest BCUT2D eigenvalue weighted by atomic mass is 16.7. The maximum atomic E-state index is 11.9. The van der Waals surface area contributed by atoms with Gasteiger partial charge in [0, 0.05) is 12.3 Å². The first-order valence-corrected chi connectivity index (χ1v) is 11.8. The molecule has 0 aromatic rings. The molecule has 0 amide bonds. The molecule has 0 bridgehead atoms. The molecule has 0 unspecified atom stereocenters. The van der Waals surface area contributed by atoms with Gasteiger partial charge in [0.25, 0.3) is 0 Å². The van der Waals surface area contributed by atoms with Gasteiger partial charge in [0.2, 0.25) is 0 Å². The lowest BCUT2D eigenvalue weighted by molar-refractivity contribution is -0.324. The molecule has 0 aromatic carbocycles. The van der Waals surface area contributed by atoms with Crippen molar-refractivity contribution < 1.29 is 54.4 Å². The smallest absolute Gasteiger partial charge is 0.187 e. The van der Waals surface area contributed by atoms with Gasteiger partial charge in [0.05, 0.1) is 19.3 Å². The molecule has 2 aliphatic heterocycles. The molecule has 6 N–H and O–H groups in total. The van der Waals surface area contributed by atoms with Crippen molar-refractivity contribution in [3.8, 4) is 0 Å². The molecule has 3 aliphatic rings. The van der Waals surface area contributed by atoms with Gasteiger partial charge in [-0.15, -0.1) is 0 Å². The SMILES string of the molecule is CC1=CC(=O)CC(C)(C)[C@H]1/C=C/[C@@H](C)O[C@@H]1O[C@H](CO[C@@H]2OC[C@H](O)[C@H](O)[C@H]2O)[C@@H](O)[C@H](O)[C@H]1O. The third-order valence-electron chi connectivity index (χ3n) is 6.82. The summed E-state index contributed by atoms with van der Waals surface area (Å²) < 4.78 is 22.0. The average molecular weight is 503 g/mol. The van der Waals surface area contributed by atoms with Gasteiger partial charge >= 0.3 is 0 Å². The molecule has 11 heteroatoms. The molecule has 35 heavy (non-hydrogen) atoms. The largest absolute Gasteiger partial charge is 0.388 e. The van der Waals surface area contributed by atoms with Gasteiger partial charge in [-0.3, -0.25) is 4.79 Å². The molecule has 200 valence electrons. The summed E-state index contributed by atoms with van der Waals surface area (Å²) in [4.78, 5) is 11.9. The lowest BCUT2D eigenvalue weighted by atomic mass is 9.68. The van der Waals surface area contributed by atoms with E-state index in [2.05, 4.69) is 0 Å². The molecule has 0 radical (unpaired) electrons. The van der Waals surface area contributed by atoms with Crippen LogP contribution >= 0.6 is 0 Å². The maximum Gasteiger partial charge on any atom is 0.187 e. The number of aliphatic hydroxyl groups excluding tert-OH is 6. The van der Waals surface area contributed by atoms with Crippen molar-refractivity contribution in [1.29, 1.82) is 0 Å². The summed E-state index contributed by atoms with van der Waals surface area (Å²) in [6.45, 7) is 7.06. The zero-order chi connectivity index (χ0) is 26.1. The van der Waals surface area contributed by atoms with Crippen molar-refractivity contribution in [3.05, 3.63) is 23.8 Å². The van der Waals surface area contributed by atoms with E-state index in [0.29, 0.717) is 6.42 Å². The van der Waals surface area contributed by atoms with Crippen LogP contribution in [0.4, 0.5) is 0 Å². The summed E-state index contributed by atoms with van der Waals surface area (Å²) in [6.07, 6.45) is -7.31. The zero-order valence-corrected chi connectivity index (χ0v) is 20.4. The molecular formula is C24H38O11. The summed E-state index contributed by atoms with van der Waals surface area (Å²) >= 11 is 0. The first-order chi connectivity index (χ1) is 16.3. The number of ketones is 1. The molecule has 0 spiro atoms. The third kappa shape index (κ3) is 6.55. The molecule has 1 aliphatic carbocycles. The van der Waals surface area contributed by atoms with E-state index in [0.717, 1.165) is 5.57 Å². The van der Waals surface area contributed by atoms with E-state index < -0.39 is 61.4 Å². The lowest BCUT2D eigenvalue weighted by Crippen LogP contribution is -2.60. The Labute approximate surface area is 204 Å². The van der Waals surface area contributed by atoms with E-state index in [9.17, 15) is 35.4 Å². The fraction of sp³-hybridized carbons (Fsp3) is 0.792. The Morgan fingerprint density at radius 2 is 1.71 bits per heavy atom. The van der Waals surface area contributed by atoms with Crippen LogP contribution in [-0.2, 0) is 23.7 Å². The Hall–Kier alpha value is -1.25. The predicted octanol–water partition coefficient (Wildman–Crippen LogP) is -1.23. The Bertz CT molecular complexity index is 796. The number of hydrogen-bond donors (Lipinski definition) is 6. The van der Waals surface area contributed by atoms with Crippen molar-refractivity contribution in [2.75, 3.05) is 13.2 Å². The molecule has 3 rings (SSSR count). The van der Waals surface area contributed by atoms with Crippen molar-refractivity contribution in [1.82, 2.24) is 0 Å². The van der Waals surface area contributed by atoms with Crippen LogP contribution in [0, 0.1) is 11.3 Å². The fourth-order valence-electron chi connectivity index (χ4n) is 4.79. The second-order valence-electron chi connectivity index (χ2n) is 10.3. The van der Waals surface area contributed by atoms with Crippen molar-refractivity contribution in [3.63, 3.8) is 0 Å². The van der Waals surface area contributed by atoms with E-state index in [-0.39, 0.29) is 30.3 Å². The first-order valence-electron chi connectivity index (χ1n) is 11.8. The minimum absolute atomic E-state index is 0.0211.